The third kappa shape index (κ3) is 3.54. The molecule has 74 valence electrons. The van der Waals surface area contributed by atoms with Crippen LogP contribution < -0.4 is 10.7 Å². The van der Waals surface area contributed by atoms with E-state index in [1.54, 1.807) is 0 Å². The van der Waals surface area contributed by atoms with Gasteiger partial charge < -0.3 is 5.32 Å². The van der Waals surface area contributed by atoms with E-state index in [0.717, 1.165) is 18.0 Å². The fraction of sp³-hybridized carbons (Fsp3) is 0.750. The normalized spacial score (nSPS) is 17.5. The molecule has 0 saturated carbocycles. The Balaban J connectivity index is 2.26. The van der Waals surface area contributed by atoms with E-state index in [4.69, 9.17) is 24.4 Å². The topological polar surface area (TPSA) is 27.3 Å². The number of thiocarbonyl (C=S) groups is 2. The van der Waals surface area contributed by atoms with E-state index in [1.807, 2.05) is 5.01 Å². The molecule has 0 aromatic carbocycles. The second-order valence-electron chi connectivity index (χ2n) is 3.05. The van der Waals surface area contributed by atoms with E-state index in [0.29, 0.717) is 11.7 Å². The lowest BCUT2D eigenvalue weighted by molar-refractivity contribution is 0.309. The van der Waals surface area contributed by atoms with Gasteiger partial charge in [0.15, 0.2) is 5.11 Å². The fourth-order valence-electron chi connectivity index (χ4n) is 1.17. The van der Waals surface area contributed by atoms with Gasteiger partial charge in [-0.15, -0.1) is 0 Å². The number of hydrogen-bond donors (Lipinski definition) is 2. The molecule has 0 bridgehead atoms. The molecule has 0 amide bonds. The summed E-state index contributed by atoms with van der Waals surface area (Å²) in [5.41, 5.74) is 3.17. The molecule has 0 atom stereocenters. The van der Waals surface area contributed by atoms with Gasteiger partial charge in [0.25, 0.3) is 0 Å². The summed E-state index contributed by atoms with van der Waals surface area (Å²) in [4.78, 5) is 0.775. The van der Waals surface area contributed by atoms with Crippen LogP contribution in [0.4, 0.5) is 0 Å². The van der Waals surface area contributed by atoms with Crippen LogP contribution in [-0.4, -0.2) is 28.2 Å². The molecule has 0 aromatic rings. The number of rotatable bonds is 4. The smallest absolute Gasteiger partial charge is 0.188 e. The second kappa shape index (κ2) is 5.47. The van der Waals surface area contributed by atoms with Gasteiger partial charge >= 0.3 is 0 Å². The predicted molar refractivity (Wildman–Crippen MR) is 62.6 cm³/mol. The fourth-order valence-corrected chi connectivity index (χ4v) is 1.68. The lowest BCUT2D eigenvalue weighted by atomic mass is 10.2. The van der Waals surface area contributed by atoms with Crippen LogP contribution in [0.2, 0.25) is 0 Å². The van der Waals surface area contributed by atoms with Crippen LogP contribution in [0.1, 0.15) is 26.2 Å². The van der Waals surface area contributed by atoms with E-state index < -0.39 is 0 Å². The molecule has 1 saturated heterocycles. The Morgan fingerprint density at radius 3 is 2.77 bits per heavy atom. The first kappa shape index (κ1) is 10.8. The summed E-state index contributed by atoms with van der Waals surface area (Å²) in [6, 6.07) is 0. The quantitative estimate of drug-likeness (QED) is 0.545. The molecular weight excluding hydrogens is 202 g/mol. The molecule has 13 heavy (non-hydrogen) atoms. The number of hydrogen-bond acceptors (Lipinski definition) is 3. The summed E-state index contributed by atoms with van der Waals surface area (Å²) in [6.45, 7) is 3.85. The lowest BCUT2D eigenvalue weighted by Gasteiger charge is -2.31. The standard InChI is InChI=1S/C8H15N3S2/c1-2-3-4-5-11-8(13)10-7(12)6-9-11/h9H,2-6H2,1H3,(H,10,12,13). The Labute approximate surface area is 89.8 Å². The maximum atomic E-state index is 5.12. The first-order chi connectivity index (χ1) is 6.24. The molecule has 1 aliphatic rings. The first-order valence-corrected chi connectivity index (χ1v) is 5.40. The van der Waals surface area contributed by atoms with Crippen LogP contribution in [0.15, 0.2) is 0 Å². The molecule has 1 fully saturated rings. The molecule has 0 radical (unpaired) electrons. The molecule has 2 N–H and O–H groups in total. The van der Waals surface area contributed by atoms with Crippen LogP contribution in [0.25, 0.3) is 0 Å². The van der Waals surface area contributed by atoms with E-state index in [1.165, 1.54) is 12.8 Å². The van der Waals surface area contributed by atoms with Crippen molar-refractivity contribution in [3.63, 3.8) is 0 Å². The van der Waals surface area contributed by atoms with Gasteiger partial charge in [-0.1, -0.05) is 32.0 Å². The van der Waals surface area contributed by atoms with Crippen molar-refractivity contribution in [2.24, 2.45) is 0 Å². The summed E-state index contributed by atoms with van der Waals surface area (Å²) < 4.78 is 0. The zero-order chi connectivity index (χ0) is 9.68. The van der Waals surface area contributed by atoms with Crippen molar-refractivity contribution in [3.8, 4) is 0 Å². The second-order valence-corrected chi connectivity index (χ2v) is 3.93. The number of nitrogens with one attached hydrogen (secondary N) is 2. The molecule has 1 aliphatic heterocycles. The number of nitrogens with zero attached hydrogens (tertiary/aromatic N) is 1. The van der Waals surface area contributed by atoms with Gasteiger partial charge in [-0.25, -0.2) is 5.43 Å². The zero-order valence-corrected chi connectivity index (χ0v) is 9.43. The highest BCUT2D eigenvalue weighted by Gasteiger charge is 2.15. The van der Waals surface area contributed by atoms with Crippen molar-refractivity contribution >= 4 is 34.5 Å². The molecule has 0 spiro atoms. The lowest BCUT2D eigenvalue weighted by Crippen LogP contribution is -2.58. The van der Waals surface area contributed by atoms with E-state index >= 15 is 0 Å². The minimum Gasteiger partial charge on any atom is -0.325 e. The average molecular weight is 217 g/mol. The van der Waals surface area contributed by atoms with Crippen molar-refractivity contribution < 1.29 is 0 Å². The summed E-state index contributed by atoms with van der Waals surface area (Å²) >= 11 is 10.1. The SMILES string of the molecule is CCCCCN1NCC(=S)NC1=S. The highest BCUT2D eigenvalue weighted by Crippen LogP contribution is 1.99. The van der Waals surface area contributed by atoms with Gasteiger partial charge in [0, 0.05) is 6.54 Å². The van der Waals surface area contributed by atoms with E-state index in [9.17, 15) is 0 Å². The van der Waals surface area contributed by atoms with Gasteiger partial charge in [0.1, 0.15) is 0 Å². The van der Waals surface area contributed by atoms with Crippen LogP contribution >= 0.6 is 24.4 Å². The van der Waals surface area contributed by atoms with Crippen molar-refractivity contribution in [2.75, 3.05) is 13.1 Å². The Kier molecular flexibility index (Phi) is 4.55. The van der Waals surface area contributed by atoms with Crippen LogP contribution in [0.3, 0.4) is 0 Å². The monoisotopic (exact) mass is 217 g/mol. The molecule has 0 aromatic heterocycles. The van der Waals surface area contributed by atoms with Crippen molar-refractivity contribution in [1.29, 1.82) is 0 Å². The summed E-state index contributed by atoms with van der Waals surface area (Å²) in [7, 11) is 0. The first-order valence-electron chi connectivity index (χ1n) is 4.59. The van der Waals surface area contributed by atoms with Crippen molar-refractivity contribution in [3.05, 3.63) is 0 Å². The minimum absolute atomic E-state index is 0.696. The Hall–Kier alpha value is -0.260. The number of unbranched alkanes of at least 4 members (excludes halogenated alkanes) is 2. The largest absolute Gasteiger partial charge is 0.325 e. The highest BCUT2D eigenvalue weighted by atomic mass is 32.1. The minimum atomic E-state index is 0.696. The van der Waals surface area contributed by atoms with Gasteiger partial charge in [-0.3, -0.25) is 5.01 Å². The Bertz CT molecular complexity index is 206. The third-order valence-electron chi connectivity index (χ3n) is 1.91. The van der Waals surface area contributed by atoms with Gasteiger partial charge in [-0.2, -0.15) is 0 Å². The summed E-state index contributed by atoms with van der Waals surface area (Å²) in [6.07, 6.45) is 3.63. The summed E-state index contributed by atoms with van der Waals surface area (Å²) in [5, 5.41) is 5.64. The van der Waals surface area contributed by atoms with E-state index in [-0.39, 0.29) is 0 Å². The molecule has 1 rings (SSSR count). The molecule has 0 aliphatic carbocycles. The molecule has 3 nitrogen and oxygen atoms in total. The maximum absolute atomic E-state index is 5.12. The molecular formula is C8H15N3S2. The van der Waals surface area contributed by atoms with E-state index in [2.05, 4.69) is 17.7 Å². The zero-order valence-electron chi connectivity index (χ0n) is 7.80. The van der Waals surface area contributed by atoms with Gasteiger partial charge in [-0.05, 0) is 18.6 Å². The third-order valence-corrected chi connectivity index (χ3v) is 2.48. The highest BCUT2D eigenvalue weighted by molar-refractivity contribution is 7.82. The van der Waals surface area contributed by atoms with Crippen LogP contribution in [-0.2, 0) is 0 Å². The average Bonchev–Trinajstić information content (AvgIpc) is 2.09. The maximum Gasteiger partial charge on any atom is 0.188 e. The predicted octanol–water partition coefficient (Wildman–Crippen LogP) is 1.20. The molecule has 0 unspecified atom stereocenters. The van der Waals surface area contributed by atoms with Crippen LogP contribution in [0, 0.1) is 0 Å². The van der Waals surface area contributed by atoms with Crippen molar-refractivity contribution in [1.82, 2.24) is 15.8 Å². The molecule has 5 heteroatoms. The van der Waals surface area contributed by atoms with Gasteiger partial charge in [0.2, 0.25) is 0 Å². The summed E-state index contributed by atoms with van der Waals surface area (Å²) in [5.74, 6) is 0. The van der Waals surface area contributed by atoms with Crippen LogP contribution in [0.5, 0.6) is 0 Å². The Morgan fingerprint density at radius 1 is 1.38 bits per heavy atom. The van der Waals surface area contributed by atoms with Gasteiger partial charge in [0.05, 0.1) is 11.5 Å². The van der Waals surface area contributed by atoms with Crippen molar-refractivity contribution in [2.45, 2.75) is 26.2 Å². The Morgan fingerprint density at radius 2 is 2.15 bits per heavy atom. The number of hydrazine groups is 1. The molecule has 1 heterocycles.